The molecule has 0 aliphatic rings. The number of carbonyl (C=O) groups is 1. The Bertz CT molecular complexity index is 336. The van der Waals surface area contributed by atoms with Crippen molar-refractivity contribution in [1.29, 1.82) is 0 Å². The summed E-state index contributed by atoms with van der Waals surface area (Å²) in [5, 5.41) is 0. The Morgan fingerprint density at radius 2 is 1.29 bits per heavy atom. The third-order valence-electron chi connectivity index (χ3n) is 3.76. The summed E-state index contributed by atoms with van der Waals surface area (Å²) in [7, 11) is -3.11. The molecular weight excluding hydrogens is 327 g/mol. The number of hydrogen-bond donors (Lipinski definition) is 0. The zero-order valence-electron chi connectivity index (χ0n) is 15.9. The van der Waals surface area contributed by atoms with Gasteiger partial charge in [0.05, 0.1) is 19.4 Å². The first kappa shape index (κ1) is 23.6. The summed E-state index contributed by atoms with van der Waals surface area (Å²) in [6.07, 6.45) is 11.5. The van der Waals surface area contributed by atoms with Crippen molar-refractivity contribution in [1.82, 2.24) is 0 Å². The quantitative estimate of drug-likeness (QED) is 0.188. The fourth-order valence-corrected chi connectivity index (χ4v) is 3.92. The molecule has 0 amide bonds. The minimum atomic E-state index is -3.11. The van der Waals surface area contributed by atoms with E-state index in [1.807, 2.05) is 0 Å². The predicted octanol–water partition coefficient (Wildman–Crippen LogP) is 5.72. The van der Waals surface area contributed by atoms with Gasteiger partial charge in [-0.3, -0.25) is 9.36 Å². The molecule has 0 radical (unpaired) electrons. The standard InChI is InChI=1S/C18H37O5P/c1-4-7-8-9-10-11-12-13-14-15-18(19)21-16-17-24(20,22-5-2)23-6-3/h4-17H2,1-3H3. The van der Waals surface area contributed by atoms with E-state index in [-0.39, 0.29) is 18.7 Å². The second kappa shape index (κ2) is 16.1. The molecule has 0 aromatic carbocycles. The summed E-state index contributed by atoms with van der Waals surface area (Å²) in [6.45, 7) is 6.50. The summed E-state index contributed by atoms with van der Waals surface area (Å²) >= 11 is 0. The Balaban J connectivity index is 3.57. The largest absolute Gasteiger partial charge is 0.465 e. The van der Waals surface area contributed by atoms with E-state index in [1.165, 1.54) is 44.9 Å². The lowest BCUT2D eigenvalue weighted by Gasteiger charge is -2.16. The monoisotopic (exact) mass is 364 g/mol. The fourth-order valence-electron chi connectivity index (χ4n) is 2.48. The molecule has 0 N–H and O–H groups in total. The van der Waals surface area contributed by atoms with Crippen molar-refractivity contribution in [2.45, 2.75) is 85.0 Å². The van der Waals surface area contributed by atoms with Crippen LogP contribution < -0.4 is 0 Å². The van der Waals surface area contributed by atoms with Crippen LogP contribution in [0.2, 0.25) is 0 Å². The Morgan fingerprint density at radius 1 is 0.792 bits per heavy atom. The number of carbonyl (C=O) groups excluding carboxylic acids is 1. The van der Waals surface area contributed by atoms with Crippen LogP contribution in [0.1, 0.15) is 85.0 Å². The van der Waals surface area contributed by atoms with Gasteiger partial charge in [0.1, 0.15) is 6.61 Å². The number of rotatable bonds is 17. The van der Waals surface area contributed by atoms with E-state index in [0.717, 1.165) is 12.8 Å². The lowest BCUT2D eigenvalue weighted by Crippen LogP contribution is -2.11. The Morgan fingerprint density at radius 3 is 1.79 bits per heavy atom. The van der Waals surface area contributed by atoms with Crippen LogP contribution >= 0.6 is 7.60 Å². The van der Waals surface area contributed by atoms with Gasteiger partial charge in [-0.15, -0.1) is 0 Å². The van der Waals surface area contributed by atoms with Crippen molar-refractivity contribution < 1.29 is 23.1 Å². The molecule has 0 rings (SSSR count). The highest BCUT2D eigenvalue weighted by Gasteiger charge is 2.23. The molecule has 0 heterocycles. The minimum Gasteiger partial charge on any atom is -0.465 e. The van der Waals surface area contributed by atoms with Gasteiger partial charge in [0.15, 0.2) is 0 Å². The van der Waals surface area contributed by atoms with Gasteiger partial charge in [-0.25, -0.2) is 0 Å². The Kier molecular flexibility index (Phi) is 15.9. The molecule has 0 unspecified atom stereocenters. The van der Waals surface area contributed by atoms with Gasteiger partial charge in [-0.1, -0.05) is 58.3 Å². The normalized spacial score (nSPS) is 11.6. The van der Waals surface area contributed by atoms with Crippen LogP contribution in [-0.4, -0.2) is 32.0 Å². The van der Waals surface area contributed by atoms with E-state index >= 15 is 0 Å². The molecule has 0 atom stereocenters. The summed E-state index contributed by atoms with van der Waals surface area (Å²) in [4.78, 5) is 11.7. The Hall–Kier alpha value is -0.380. The zero-order valence-corrected chi connectivity index (χ0v) is 16.8. The molecule has 5 nitrogen and oxygen atoms in total. The third kappa shape index (κ3) is 14.0. The van der Waals surface area contributed by atoms with E-state index in [1.54, 1.807) is 13.8 Å². The second-order valence-corrected chi connectivity index (χ2v) is 8.15. The van der Waals surface area contributed by atoms with Crippen LogP contribution in [0.4, 0.5) is 0 Å². The first-order valence-corrected chi connectivity index (χ1v) is 11.3. The van der Waals surface area contributed by atoms with Gasteiger partial charge in [0.25, 0.3) is 0 Å². The van der Waals surface area contributed by atoms with Crippen LogP contribution in [0.25, 0.3) is 0 Å². The average molecular weight is 364 g/mol. The van der Waals surface area contributed by atoms with Crippen molar-refractivity contribution in [2.24, 2.45) is 0 Å². The molecule has 0 aromatic rings. The van der Waals surface area contributed by atoms with Gasteiger partial charge in [-0.2, -0.15) is 0 Å². The van der Waals surface area contributed by atoms with Crippen LogP contribution in [-0.2, 0) is 23.1 Å². The van der Waals surface area contributed by atoms with Crippen LogP contribution in [0.5, 0.6) is 0 Å². The van der Waals surface area contributed by atoms with Gasteiger partial charge < -0.3 is 13.8 Å². The molecule has 144 valence electrons. The summed E-state index contributed by atoms with van der Waals surface area (Å²) in [5.41, 5.74) is 0. The van der Waals surface area contributed by atoms with E-state index in [0.29, 0.717) is 19.6 Å². The zero-order chi connectivity index (χ0) is 18.1. The van der Waals surface area contributed by atoms with Crippen LogP contribution in [0.15, 0.2) is 0 Å². The smallest absolute Gasteiger partial charge is 0.334 e. The third-order valence-corrected chi connectivity index (χ3v) is 5.80. The van der Waals surface area contributed by atoms with Crippen LogP contribution in [0, 0.1) is 0 Å². The lowest BCUT2D eigenvalue weighted by molar-refractivity contribution is -0.143. The van der Waals surface area contributed by atoms with Gasteiger partial charge in [0, 0.05) is 6.42 Å². The number of unbranched alkanes of at least 4 members (excludes halogenated alkanes) is 8. The van der Waals surface area contributed by atoms with E-state index in [9.17, 15) is 9.36 Å². The number of hydrogen-bond acceptors (Lipinski definition) is 5. The highest BCUT2D eigenvalue weighted by molar-refractivity contribution is 7.53. The molecule has 0 bridgehead atoms. The van der Waals surface area contributed by atoms with E-state index in [4.69, 9.17) is 13.8 Å². The van der Waals surface area contributed by atoms with E-state index < -0.39 is 7.60 Å². The van der Waals surface area contributed by atoms with Crippen molar-refractivity contribution in [2.75, 3.05) is 26.0 Å². The molecule has 0 spiro atoms. The fraction of sp³-hybridized carbons (Fsp3) is 0.944. The SMILES string of the molecule is CCCCCCCCCCCC(=O)OCCP(=O)(OCC)OCC. The van der Waals surface area contributed by atoms with Crippen molar-refractivity contribution in [3.8, 4) is 0 Å². The molecule has 6 heteroatoms. The van der Waals surface area contributed by atoms with Gasteiger partial charge in [-0.05, 0) is 20.3 Å². The molecular formula is C18H37O5P. The highest BCUT2D eigenvalue weighted by atomic mass is 31.2. The van der Waals surface area contributed by atoms with Gasteiger partial charge in [0.2, 0.25) is 0 Å². The van der Waals surface area contributed by atoms with Gasteiger partial charge >= 0.3 is 13.6 Å². The molecule has 0 saturated carbocycles. The predicted molar refractivity (Wildman–Crippen MR) is 98.5 cm³/mol. The van der Waals surface area contributed by atoms with Crippen molar-refractivity contribution in [3.63, 3.8) is 0 Å². The second-order valence-electron chi connectivity index (χ2n) is 5.97. The Labute approximate surface area is 148 Å². The van der Waals surface area contributed by atoms with Crippen LogP contribution in [0.3, 0.4) is 0 Å². The maximum atomic E-state index is 12.2. The average Bonchev–Trinajstić information content (AvgIpc) is 2.53. The molecule has 0 aliphatic heterocycles. The molecule has 0 aromatic heterocycles. The van der Waals surface area contributed by atoms with Crippen molar-refractivity contribution >= 4 is 13.6 Å². The summed E-state index contributed by atoms with van der Waals surface area (Å²) in [6, 6.07) is 0. The van der Waals surface area contributed by atoms with E-state index in [2.05, 4.69) is 6.92 Å². The first-order valence-electron chi connectivity index (χ1n) is 9.61. The highest BCUT2D eigenvalue weighted by Crippen LogP contribution is 2.47. The maximum Gasteiger partial charge on any atom is 0.334 e. The topological polar surface area (TPSA) is 61.8 Å². The number of ether oxygens (including phenoxy) is 1. The molecule has 0 saturated heterocycles. The minimum absolute atomic E-state index is 0.0908. The molecule has 0 fully saturated rings. The molecule has 0 aliphatic carbocycles. The maximum absolute atomic E-state index is 12.2. The summed E-state index contributed by atoms with van der Waals surface area (Å²) < 4.78 is 27.6. The summed E-state index contributed by atoms with van der Waals surface area (Å²) in [5.74, 6) is -0.225. The van der Waals surface area contributed by atoms with Crippen molar-refractivity contribution in [3.05, 3.63) is 0 Å². The molecule has 24 heavy (non-hydrogen) atoms. The first-order chi connectivity index (χ1) is 11.6. The number of esters is 1. The lowest BCUT2D eigenvalue weighted by atomic mass is 10.1.